The molecule has 9 heteroatoms. The smallest absolute Gasteiger partial charge is 0.387 e. The predicted octanol–water partition coefficient (Wildman–Crippen LogP) is 4.52. The van der Waals surface area contributed by atoms with E-state index in [1.54, 1.807) is 25.1 Å². The molecule has 0 saturated heterocycles. The van der Waals surface area contributed by atoms with Crippen molar-refractivity contribution in [3.05, 3.63) is 65.0 Å². The first-order valence-electron chi connectivity index (χ1n) is 9.66. The molecule has 1 aliphatic heterocycles. The Morgan fingerprint density at radius 1 is 1.00 bits per heavy atom. The number of hydrogen-bond acceptors (Lipinski definition) is 5. The first-order valence-corrected chi connectivity index (χ1v) is 9.66. The molecule has 0 radical (unpaired) electrons. The van der Waals surface area contributed by atoms with E-state index < -0.39 is 30.0 Å². The quantitative estimate of drug-likeness (QED) is 0.397. The summed E-state index contributed by atoms with van der Waals surface area (Å²) >= 11 is 0. The molecule has 1 heterocycles. The fraction of sp³-hybridized carbons (Fsp3) is 0.174. The molecular weight excluding hydrogens is 427 g/mol. The molecule has 1 aliphatic rings. The average molecular weight is 443 g/mol. The van der Waals surface area contributed by atoms with Crippen molar-refractivity contribution >= 4 is 34.6 Å². The predicted molar refractivity (Wildman–Crippen MR) is 109 cm³/mol. The van der Waals surface area contributed by atoms with Crippen LogP contribution in [0.5, 0.6) is 11.5 Å². The molecule has 0 saturated carbocycles. The monoisotopic (exact) mass is 443 g/mol. The topological polar surface area (TPSA) is 72.9 Å². The van der Waals surface area contributed by atoms with Crippen LogP contribution in [0.15, 0.2) is 42.5 Å². The number of halogens is 3. The minimum absolute atomic E-state index is 0.0543. The van der Waals surface area contributed by atoms with E-state index >= 15 is 0 Å². The van der Waals surface area contributed by atoms with Gasteiger partial charge in [-0.25, -0.2) is 9.29 Å². The first kappa shape index (κ1) is 21.4. The zero-order valence-corrected chi connectivity index (χ0v) is 16.7. The van der Waals surface area contributed by atoms with Gasteiger partial charge in [0.2, 0.25) is 0 Å². The molecule has 4 rings (SSSR count). The molecular formula is C23H16F3NO5. The van der Waals surface area contributed by atoms with Crippen LogP contribution in [0.4, 0.5) is 18.9 Å². The Hall–Kier alpha value is -3.88. The van der Waals surface area contributed by atoms with E-state index in [9.17, 15) is 27.6 Å². The summed E-state index contributed by atoms with van der Waals surface area (Å²) in [4.78, 5) is 38.0. The molecule has 164 valence electrons. The zero-order chi connectivity index (χ0) is 23.0. The lowest BCUT2D eigenvalue weighted by molar-refractivity contribution is -0.107. The van der Waals surface area contributed by atoms with Gasteiger partial charge in [0, 0.05) is 17.2 Å². The molecule has 0 N–H and O–H groups in total. The van der Waals surface area contributed by atoms with Gasteiger partial charge in [0.05, 0.1) is 23.4 Å². The van der Waals surface area contributed by atoms with Crippen LogP contribution >= 0.6 is 0 Å². The number of alkyl halides is 2. The van der Waals surface area contributed by atoms with Crippen molar-refractivity contribution in [2.75, 3.05) is 11.5 Å². The normalized spacial score (nSPS) is 13.1. The summed E-state index contributed by atoms with van der Waals surface area (Å²) in [5.41, 5.74) is -0.640. The molecule has 6 nitrogen and oxygen atoms in total. The molecule has 3 aromatic rings. The molecule has 0 aromatic heterocycles. The summed E-state index contributed by atoms with van der Waals surface area (Å²) in [6, 6.07) is 9.76. The third-order valence-corrected chi connectivity index (χ3v) is 5.05. The van der Waals surface area contributed by atoms with E-state index in [4.69, 9.17) is 4.74 Å². The van der Waals surface area contributed by atoms with Crippen LogP contribution in [0.25, 0.3) is 10.8 Å². The van der Waals surface area contributed by atoms with Crippen molar-refractivity contribution in [3.8, 4) is 11.5 Å². The summed E-state index contributed by atoms with van der Waals surface area (Å²) in [6.07, 6.45) is 0.342. The largest absolute Gasteiger partial charge is 0.492 e. The number of carbonyl (C=O) groups is 3. The fourth-order valence-corrected chi connectivity index (χ4v) is 3.77. The van der Waals surface area contributed by atoms with E-state index in [1.807, 2.05) is 0 Å². The summed E-state index contributed by atoms with van der Waals surface area (Å²) in [7, 11) is 0. The van der Waals surface area contributed by atoms with Crippen LogP contribution in [0.2, 0.25) is 0 Å². The molecule has 3 aromatic carbocycles. The van der Waals surface area contributed by atoms with Gasteiger partial charge in [0.25, 0.3) is 11.8 Å². The highest BCUT2D eigenvalue weighted by Gasteiger charge is 2.44. The number of imide groups is 1. The van der Waals surface area contributed by atoms with Gasteiger partial charge >= 0.3 is 6.61 Å². The van der Waals surface area contributed by atoms with Crippen LogP contribution in [-0.4, -0.2) is 31.3 Å². The molecule has 0 aliphatic carbocycles. The molecule has 0 fully saturated rings. The van der Waals surface area contributed by atoms with Crippen molar-refractivity contribution < 1.29 is 37.0 Å². The minimum Gasteiger partial charge on any atom is -0.492 e. The van der Waals surface area contributed by atoms with Gasteiger partial charge in [-0.3, -0.25) is 9.59 Å². The lowest BCUT2D eigenvalue weighted by Crippen LogP contribution is -2.29. The van der Waals surface area contributed by atoms with Crippen LogP contribution in [0.1, 0.15) is 33.2 Å². The second-order valence-electron chi connectivity index (χ2n) is 6.86. The first-order chi connectivity index (χ1) is 15.4. The van der Waals surface area contributed by atoms with Gasteiger partial charge < -0.3 is 14.3 Å². The van der Waals surface area contributed by atoms with E-state index in [1.165, 1.54) is 18.2 Å². The zero-order valence-electron chi connectivity index (χ0n) is 16.7. The molecule has 0 unspecified atom stereocenters. The number of rotatable bonds is 7. The van der Waals surface area contributed by atoms with Crippen molar-refractivity contribution in [1.29, 1.82) is 0 Å². The van der Waals surface area contributed by atoms with Crippen molar-refractivity contribution in [1.82, 2.24) is 0 Å². The van der Waals surface area contributed by atoms with E-state index in [0.29, 0.717) is 16.6 Å². The second kappa shape index (κ2) is 8.33. The van der Waals surface area contributed by atoms with Gasteiger partial charge in [0.15, 0.2) is 0 Å². The maximum Gasteiger partial charge on any atom is 0.387 e. The number of benzene rings is 3. The van der Waals surface area contributed by atoms with Gasteiger partial charge in [0.1, 0.15) is 23.6 Å². The van der Waals surface area contributed by atoms with Gasteiger partial charge in [-0.2, -0.15) is 8.78 Å². The number of ether oxygens (including phenoxy) is 2. The van der Waals surface area contributed by atoms with Crippen molar-refractivity contribution in [2.45, 2.75) is 20.0 Å². The average Bonchev–Trinajstić information content (AvgIpc) is 3.02. The number of fused-ring (bicyclic) bond motifs is 2. The third-order valence-electron chi connectivity index (χ3n) is 5.05. The summed E-state index contributed by atoms with van der Waals surface area (Å²) in [5, 5.41) is 0.491. The minimum atomic E-state index is -3.25. The second-order valence-corrected chi connectivity index (χ2v) is 6.86. The number of aldehydes is 1. The van der Waals surface area contributed by atoms with E-state index in [-0.39, 0.29) is 46.5 Å². The number of anilines is 1. The van der Waals surface area contributed by atoms with Crippen molar-refractivity contribution in [2.24, 2.45) is 0 Å². The summed E-state index contributed by atoms with van der Waals surface area (Å²) in [6.45, 7) is -1.44. The van der Waals surface area contributed by atoms with Crippen LogP contribution in [0, 0.1) is 5.82 Å². The molecule has 32 heavy (non-hydrogen) atoms. The molecule has 0 spiro atoms. The Morgan fingerprint density at radius 3 is 2.19 bits per heavy atom. The standard InChI is InChI=1S/C23H16F3NO5/c1-2-31-19-14-5-3-4-6-15(14)20(32-23(25)26)18-17(19)21(29)27(22(18)30)13-8-7-12(9-10-28)16(24)11-13/h3-8,10-11,23H,2,9H2,1H3. The number of amides is 2. The molecule has 2 amide bonds. The SMILES string of the molecule is CCOc1c2c(c(OC(F)F)c3ccccc13)C(=O)N(c1ccc(CC=O)c(F)c1)C2=O. The highest BCUT2D eigenvalue weighted by Crippen LogP contribution is 2.46. The Labute approximate surface area is 180 Å². The van der Waals surface area contributed by atoms with E-state index in [0.717, 1.165) is 6.07 Å². The Bertz CT molecular complexity index is 1260. The summed E-state index contributed by atoms with van der Waals surface area (Å²) < 4.78 is 51.2. The maximum absolute atomic E-state index is 14.4. The molecule has 0 atom stereocenters. The number of nitrogens with zero attached hydrogens (tertiary/aromatic N) is 1. The maximum atomic E-state index is 14.4. The van der Waals surface area contributed by atoms with Crippen LogP contribution in [0.3, 0.4) is 0 Å². The fourth-order valence-electron chi connectivity index (χ4n) is 3.77. The van der Waals surface area contributed by atoms with Gasteiger partial charge in [-0.1, -0.05) is 30.3 Å². The highest BCUT2D eigenvalue weighted by atomic mass is 19.3. The summed E-state index contributed by atoms with van der Waals surface area (Å²) in [5.74, 6) is -2.99. The van der Waals surface area contributed by atoms with Crippen LogP contribution in [-0.2, 0) is 11.2 Å². The Kier molecular flexibility index (Phi) is 5.56. The Balaban J connectivity index is 1.96. The van der Waals surface area contributed by atoms with E-state index in [2.05, 4.69) is 4.74 Å². The number of carbonyl (C=O) groups excluding carboxylic acids is 3. The van der Waals surface area contributed by atoms with Crippen molar-refractivity contribution in [3.63, 3.8) is 0 Å². The third kappa shape index (κ3) is 3.35. The Morgan fingerprint density at radius 2 is 1.62 bits per heavy atom. The molecule has 0 bridgehead atoms. The van der Waals surface area contributed by atoms with Crippen LogP contribution < -0.4 is 14.4 Å². The highest BCUT2D eigenvalue weighted by molar-refractivity contribution is 6.38. The van der Waals surface area contributed by atoms with Gasteiger partial charge in [-0.15, -0.1) is 0 Å². The lowest BCUT2D eigenvalue weighted by Gasteiger charge is -2.16. The van der Waals surface area contributed by atoms with Gasteiger partial charge in [-0.05, 0) is 24.6 Å². The number of hydrogen-bond donors (Lipinski definition) is 0. The lowest BCUT2D eigenvalue weighted by atomic mass is 9.99.